The molecule has 0 spiro atoms. The van der Waals surface area contributed by atoms with Gasteiger partial charge in [0.2, 0.25) is 11.5 Å². The van der Waals surface area contributed by atoms with Crippen molar-refractivity contribution in [1.82, 2.24) is 0 Å². The first-order valence-electron chi connectivity index (χ1n) is 33.7. The molecule has 18 rings (SSSR count). The molecule has 6 heterocycles. The van der Waals surface area contributed by atoms with Crippen LogP contribution < -0.4 is 58.0 Å². The van der Waals surface area contributed by atoms with Crippen molar-refractivity contribution in [1.29, 1.82) is 0 Å². The summed E-state index contributed by atoms with van der Waals surface area (Å²) in [5.41, 5.74) is 0.972. The molecule has 6 aliphatic heterocycles. The minimum Gasteiger partial charge on any atom is -0.504 e. The van der Waals surface area contributed by atoms with E-state index in [0.29, 0.717) is 22.0 Å². The first-order chi connectivity index (χ1) is 53.5. The van der Waals surface area contributed by atoms with Crippen LogP contribution in [0.3, 0.4) is 0 Å². The predicted octanol–water partition coefficient (Wildman–Crippen LogP) is 12.3. The highest BCUT2D eigenvalue weighted by atomic mass is 16.5. The maximum atomic E-state index is 14.9. The molecule has 28 nitrogen and oxygen atoms in total. The molecule has 4 N–H and O–H groups in total. The average Bonchev–Trinajstić information content (AvgIpc) is 0.716. The van der Waals surface area contributed by atoms with Crippen molar-refractivity contribution in [3.63, 3.8) is 0 Å². The molecule has 0 aliphatic carbocycles. The van der Waals surface area contributed by atoms with E-state index >= 15 is 0 Å². The van der Waals surface area contributed by atoms with Crippen LogP contribution in [0.2, 0.25) is 0 Å². The molecule has 0 saturated heterocycles. The minimum absolute atomic E-state index is 0.00261. The van der Waals surface area contributed by atoms with Crippen molar-refractivity contribution in [2.45, 2.75) is 0 Å². The lowest BCUT2D eigenvalue weighted by Crippen LogP contribution is -2.43. The van der Waals surface area contributed by atoms with Gasteiger partial charge in [0.25, 0.3) is 70.9 Å². The Morgan fingerprint density at radius 2 is 0.414 bits per heavy atom. The van der Waals surface area contributed by atoms with Crippen molar-refractivity contribution in [2.24, 2.45) is 0 Å². The Bertz CT molecular complexity index is 6230. The molecular formula is C83H49N7O21. The number of hydrogen-bond acceptors (Lipinski definition) is 22. The number of anilines is 9. The number of aromatic hydroxyl groups is 4. The van der Waals surface area contributed by atoms with E-state index in [0.717, 1.165) is 36.6 Å². The Hall–Kier alpha value is -15.7. The minimum atomic E-state index is -0.916. The summed E-state index contributed by atoms with van der Waals surface area (Å²) >= 11 is 0. The van der Waals surface area contributed by atoms with Crippen LogP contribution in [0.25, 0.3) is 32.3 Å². The molecule has 542 valence electrons. The van der Waals surface area contributed by atoms with E-state index < -0.39 is 93.9 Å². The summed E-state index contributed by atoms with van der Waals surface area (Å²) in [6, 6.07) is 42.3. The van der Waals surface area contributed by atoms with Gasteiger partial charge in [-0.25, -0.2) is 29.4 Å². The number of amides is 12. The first-order valence-corrected chi connectivity index (χ1v) is 33.7. The lowest BCUT2D eigenvalue weighted by Gasteiger charge is -2.33. The zero-order valence-electron chi connectivity index (χ0n) is 58.2. The fourth-order valence-electron chi connectivity index (χ4n) is 15.7. The van der Waals surface area contributed by atoms with E-state index in [9.17, 15) is 78.0 Å². The normalized spacial score (nSPS) is 14.8. The summed E-state index contributed by atoms with van der Waals surface area (Å²) < 4.78 is 27.1. The molecule has 0 aromatic heterocycles. The van der Waals surface area contributed by atoms with Crippen molar-refractivity contribution >= 4 is 154 Å². The van der Waals surface area contributed by atoms with Gasteiger partial charge < -0.3 is 49.0 Å². The Balaban J connectivity index is 0.685. The summed E-state index contributed by atoms with van der Waals surface area (Å²) in [6.07, 6.45) is 0. The highest BCUT2D eigenvalue weighted by Gasteiger charge is 2.46. The number of hydrogen-bond donors (Lipinski definition) is 4. The molecule has 0 radical (unpaired) electrons. The largest absolute Gasteiger partial charge is 0.504 e. The predicted molar refractivity (Wildman–Crippen MR) is 399 cm³/mol. The average molecular weight is 1480 g/mol. The Morgan fingerprint density at radius 1 is 0.225 bits per heavy atom. The molecule has 0 saturated carbocycles. The molecule has 0 unspecified atom stereocenters. The van der Waals surface area contributed by atoms with Gasteiger partial charge in [-0.15, -0.1) is 0 Å². The second-order valence-corrected chi connectivity index (χ2v) is 26.2. The number of ether oxygens (including phenoxy) is 5. The van der Waals surface area contributed by atoms with Crippen LogP contribution in [0.15, 0.2) is 182 Å². The van der Waals surface area contributed by atoms with Crippen molar-refractivity contribution in [3.05, 3.63) is 249 Å². The molecular weight excluding hydrogens is 1430 g/mol. The topological polar surface area (TPSA) is 355 Å². The van der Waals surface area contributed by atoms with Crippen LogP contribution >= 0.6 is 0 Å². The number of nitrogens with zero attached hydrogens (tertiary/aromatic N) is 7. The summed E-state index contributed by atoms with van der Waals surface area (Å²) in [5, 5.41) is 41.9. The summed E-state index contributed by atoms with van der Waals surface area (Å²) in [4.78, 5) is 183. The standard InChI is InChI=1S/C83H49N7O21/c1-107-60-33-43(32-59(93)70(60)110-4)89-80(103)53-26-20-47-64-48(21-27-54(67(53)64)81(89)104)75(98)86(74(47)97)40-14-8-37(9-15-40)84(36-6-12-39(13-7-36)85-72(95)45-18-24-51-66-52(25-19-46(63(45)66)73(85)96)79(102)88(78(51)101)42-30-57(91)69(94)58(92)31-42)38-10-16-41(17-11-38)87-76(99)49-22-28-55-68-56(29-23-50(65(49)68)77(87)100)83(106)90(82(55)105)44-34-61(108-2)71(111-5)62(35-44)109-3/h6-35,91-94H,1-5H3. The van der Waals surface area contributed by atoms with Gasteiger partial charge in [0.15, 0.2) is 40.2 Å². The molecule has 12 aromatic rings. The van der Waals surface area contributed by atoms with Crippen LogP contribution in [0.1, 0.15) is 124 Å². The third kappa shape index (κ3) is 9.27. The Morgan fingerprint density at radius 3 is 0.631 bits per heavy atom. The molecule has 12 aromatic carbocycles. The number of phenolic OH excluding ortho intramolecular Hbond substituents is 4. The van der Waals surface area contributed by atoms with E-state index in [4.69, 9.17) is 23.7 Å². The third-order valence-electron chi connectivity index (χ3n) is 20.7. The zero-order valence-corrected chi connectivity index (χ0v) is 58.2. The van der Waals surface area contributed by atoms with Gasteiger partial charge in [-0.2, -0.15) is 0 Å². The molecule has 0 fully saturated rings. The van der Waals surface area contributed by atoms with E-state index in [2.05, 4.69) is 0 Å². The van der Waals surface area contributed by atoms with E-state index in [1.54, 1.807) is 41.3 Å². The Kier molecular flexibility index (Phi) is 14.6. The van der Waals surface area contributed by atoms with Gasteiger partial charge in [-0.05, 0) is 146 Å². The molecule has 28 heteroatoms. The van der Waals surface area contributed by atoms with Crippen molar-refractivity contribution in [2.75, 3.05) is 69.8 Å². The van der Waals surface area contributed by atoms with Crippen LogP contribution in [-0.2, 0) is 0 Å². The maximum Gasteiger partial charge on any atom is 0.265 e. The fraction of sp³-hybridized carbons (Fsp3) is 0.0602. The SMILES string of the molecule is COc1cc(N2C(=O)c3ccc4c5c(ccc(c35)C2=O)C(=O)N(c2ccc(N(c3ccc(N5C(=O)c6ccc7c8c(ccc(c68)C5=O)C(=O)N(c5cc(O)c(O)c(O)c5)C7=O)cc3)c3ccc(N5C(=O)c6ccc7c8c(ccc(c68)C5=O)C(=O)N(c5cc(OC)c(OC)c(OC)c5)C7=O)cc3)cc2)C4=O)cc(O)c1OC. The highest BCUT2D eigenvalue weighted by molar-refractivity contribution is 6.46. The number of benzene rings is 12. The summed E-state index contributed by atoms with van der Waals surface area (Å²) in [5.74, 6) is -12.1. The van der Waals surface area contributed by atoms with Crippen LogP contribution in [0.4, 0.5) is 51.2 Å². The summed E-state index contributed by atoms with van der Waals surface area (Å²) in [7, 11) is 6.79. The molecule has 0 bridgehead atoms. The summed E-state index contributed by atoms with van der Waals surface area (Å²) in [6.45, 7) is 0. The van der Waals surface area contributed by atoms with Crippen LogP contribution in [0, 0.1) is 0 Å². The molecule has 12 amide bonds. The maximum absolute atomic E-state index is 14.9. The van der Waals surface area contributed by atoms with Gasteiger partial charge in [-0.1, -0.05) is 0 Å². The van der Waals surface area contributed by atoms with Crippen molar-refractivity contribution < 1.29 is 102 Å². The van der Waals surface area contributed by atoms with Crippen molar-refractivity contribution in [3.8, 4) is 51.7 Å². The number of carbonyl (C=O) groups is 12. The fourth-order valence-corrected chi connectivity index (χ4v) is 15.7. The lowest BCUT2D eigenvalue weighted by atomic mass is 9.85. The molecule has 6 aliphatic rings. The van der Waals surface area contributed by atoms with E-state index in [1.165, 1.54) is 169 Å². The smallest absolute Gasteiger partial charge is 0.265 e. The monoisotopic (exact) mass is 1480 g/mol. The lowest BCUT2D eigenvalue weighted by molar-refractivity contribution is 0.0873. The van der Waals surface area contributed by atoms with Crippen LogP contribution in [0.5, 0.6) is 51.7 Å². The Labute approximate surface area is 623 Å². The zero-order chi connectivity index (χ0) is 77.5. The van der Waals surface area contributed by atoms with Gasteiger partial charge in [0, 0.05) is 153 Å². The third-order valence-corrected chi connectivity index (χ3v) is 20.7. The van der Waals surface area contributed by atoms with Crippen LogP contribution in [-0.4, -0.2) is 127 Å². The second kappa shape index (κ2) is 24.1. The number of rotatable bonds is 14. The van der Waals surface area contributed by atoms with E-state index in [-0.39, 0.29) is 162 Å². The van der Waals surface area contributed by atoms with Gasteiger partial charge >= 0.3 is 0 Å². The molecule has 0 atom stereocenters. The quantitative estimate of drug-likeness (QED) is 0.0580. The second-order valence-electron chi connectivity index (χ2n) is 26.2. The van der Waals surface area contributed by atoms with E-state index in [1.807, 2.05) is 0 Å². The number of imide groups is 6. The van der Waals surface area contributed by atoms with Gasteiger partial charge in [0.05, 0.1) is 69.7 Å². The first kappa shape index (κ1) is 67.2. The molecule has 111 heavy (non-hydrogen) atoms. The van der Waals surface area contributed by atoms with Gasteiger partial charge in [0.1, 0.15) is 0 Å². The number of carbonyl (C=O) groups excluding carboxylic acids is 12. The number of methoxy groups -OCH3 is 5. The van der Waals surface area contributed by atoms with Gasteiger partial charge in [-0.3, -0.25) is 57.5 Å². The number of phenols is 4. The highest BCUT2D eigenvalue weighted by Crippen LogP contribution is 2.50.